The molecule has 0 radical (unpaired) electrons. The van der Waals surface area contributed by atoms with Crippen molar-refractivity contribution in [3.05, 3.63) is 48.5 Å². The molecular weight excluding hydrogens is 256 g/mol. The van der Waals surface area contributed by atoms with Gasteiger partial charge in [0.2, 0.25) is 0 Å². The minimum absolute atomic E-state index is 0.350. The summed E-state index contributed by atoms with van der Waals surface area (Å²) in [6.07, 6.45) is 4.72. The second kappa shape index (κ2) is 6.75. The number of para-hydroxylation sites is 1. The first kappa shape index (κ1) is 14.1. The molecule has 0 aliphatic rings. The van der Waals surface area contributed by atoms with Gasteiger partial charge in [-0.15, -0.1) is 0 Å². The highest BCUT2D eigenvalue weighted by molar-refractivity contribution is 5.74. The third kappa shape index (κ3) is 3.60. The van der Waals surface area contributed by atoms with E-state index in [9.17, 15) is 4.79 Å². The van der Waals surface area contributed by atoms with Crippen molar-refractivity contribution in [1.82, 2.24) is 9.55 Å². The van der Waals surface area contributed by atoms with Crippen molar-refractivity contribution in [1.29, 1.82) is 0 Å². The lowest BCUT2D eigenvalue weighted by molar-refractivity contribution is -0.150. The minimum atomic E-state index is -0.626. The van der Waals surface area contributed by atoms with Gasteiger partial charge in [0.15, 0.2) is 6.10 Å². The average molecular weight is 274 g/mol. The van der Waals surface area contributed by atoms with Crippen LogP contribution in [0, 0.1) is 0 Å². The first-order valence-electron chi connectivity index (χ1n) is 6.57. The van der Waals surface area contributed by atoms with Crippen LogP contribution in [0.15, 0.2) is 43.0 Å². The van der Waals surface area contributed by atoms with Crippen LogP contribution in [0.25, 0.3) is 0 Å². The van der Waals surface area contributed by atoms with Gasteiger partial charge in [-0.05, 0) is 19.9 Å². The number of rotatable bonds is 6. The van der Waals surface area contributed by atoms with E-state index in [0.29, 0.717) is 18.9 Å². The SMILES string of the molecule is CCOC(=O)C(C)Oc1ccccc1Cn1ccnc1. The Balaban J connectivity index is 2.09. The third-order valence-electron chi connectivity index (χ3n) is 2.81. The molecule has 1 aromatic heterocycles. The lowest BCUT2D eigenvalue weighted by atomic mass is 10.2. The maximum Gasteiger partial charge on any atom is 0.347 e. The van der Waals surface area contributed by atoms with Crippen molar-refractivity contribution in [2.24, 2.45) is 0 Å². The summed E-state index contributed by atoms with van der Waals surface area (Å²) in [5.41, 5.74) is 0.988. The van der Waals surface area contributed by atoms with Gasteiger partial charge >= 0.3 is 5.97 Å². The first-order valence-corrected chi connectivity index (χ1v) is 6.57. The van der Waals surface area contributed by atoms with E-state index in [-0.39, 0.29) is 5.97 Å². The molecular formula is C15H18N2O3. The van der Waals surface area contributed by atoms with Crippen LogP contribution in [0.5, 0.6) is 5.75 Å². The molecule has 20 heavy (non-hydrogen) atoms. The maximum atomic E-state index is 11.6. The second-order valence-electron chi connectivity index (χ2n) is 4.35. The number of esters is 1. The third-order valence-corrected chi connectivity index (χ3v) is 2.81. The molecule has 0 saturated heterocycles. The number of imidazole rings is 1. The molecule has 106 valence electrons. The van der Waals surface area contributed by atoms with Gasteiger partial charge in [0.1, 0.15) is 5.75 Å². The second-order valence-corrected chi connectivity index (χ2v) is 4.35. The Hall–Kier alpha value is -2.30. The van der Waals surface area contributed by atoms with E-state index < -0.39 is 6.10 Å². The van der Waals surface area contributed by atoms with Crippen LogP contribution in [0.2, 0.25) is 0 Å². The number of hydrogen-bond acceptors (Lipinski definition) is 4. The smallest absolute Gasteiger partial charge is 0.347 e. The summed E-state index contributed by atoms with van der Waals surface area (Å²) in [4.78, 5) is 15.6. The summed E-state index contributed by atoms with van der Waals surface area (Å²) in [7, 11) is 0. The average Bonchev–Trinajstić information content (AvgIpc) is 2.94. The van der Waals surface area contributed by atoms with Crippen molar-refractivity contribution >= 4 is 5.97 Å². The number of nitrogens with zero attached hydrogens (tertiary/aromatic N) is 2. The Kier molecular flexibility index (Phi) is 4.76. The highest BCUT2D eigenvalue weighted by atomic mass is 16.6. The van der Waals surface area contributed by atoms with Gasteiger partial charge in [-0.3, -0.25) is 0 Å². The monoisotopic (exact) mass is 274 g/mol. The van der Waals surface area contributed by atoms with Gasteiger partial charge in [-0.25, -0.2) is 9.78 Å². The fraction of sp³-hybridized carbons (Fsp3) is 0.333. The van der Waals surface area contributed by atoms with Crippen molar-refractivity contribution in [3.63, 3.8) is 0 Å². The lowest BCUT2D eigenvalue weighted by Crippen LogP contribution is -2.26. The van der Waals surface area contributed by atoms with Crippen molar-refractivity contribution < 1.29 is 14.3 Å². The normalized spacial score (nSPS) is 11.9. The number of hydrogen-bond donors (Lipinski definition) is 0. The van der Waals surface area contributed by atoms with Gasteiger partial charge in [0.05, 0.1) is 19.5 Å². The summed E-state index contributed by atoms with van der Waals surface area (Å²) >= 11 is 0. The fourth-order valence-corrected chi connectivity index (χ4v) is 1.82. The molecule has 1 heterocycles. The number of aromatic nitrogens is 2. The molecule has 0 spiro atoms. The lowest BCUT2D eigenvalue weighted by Gasteiger charge is -2.16. The van der Waals surface area contributed by atoms with E-state index in [1.807, 2.05) is 35.0 Å². The molecule has 0 fully saturated rings. The zero-order valence-electron chi connectivity index (χ0n) is 11.7. The molecule has 2 aromatic rings. The standard InChI is InChI=1S/C15H18N2O3/c1-3-19-15(18)12(2)20-14-7-5-4-6-13(14)10-17-9-8-16-11-17/h4-9,11-12H,3,10H2,1-2H3. The zero-order chi connectivity index (χ0) is 14.4. The Labute approximate surface area is 118 Å². The Morgan fingerprint density at radius 1 is 1.40 bits per heavy atom. The first-order chi connectivity index (χ1) is 9.70. The molecule has 0 N–H and O–H groups in total. The molecule has 1 unspecified atom stereocenters. The van der Waals surface area contributed by atoms with E-state index in [0.717, 1.165) is 5.56 Å². The number of carbonyl (C=O) groups excluding carboxylic acids is 1. The fourth-order valence-electron chi connectivity index (χ4n) is 1.82. The molecule has 1 atom stereocenters. The molecule has 1 aromatic carbocycles. The van der Waals surface area contributed by atoms with Crippen LogP contribution in [0.3, 0.4) is 0 Å². The molecule has 0 bridgehead atoms. The van der Waals surface area contributed by atoms with E-state index >= 15 is 0 Å². The number of ether oxygens (including phenoxy) is 2. The summed E-state index contributed by atoms with van der Waals surface area (Å²) in [6, 6.07) is 7.63. The summed E-state index contributed by atoms with van der Waals surface area (Å²) in [6.45, 7) is 4.46. The molecule has 0 amide bonds. The largest absolute Gasteiger partial charge is 0.479 e. The van der Waals surface area contributed by atoms with E-state index in [4.69, 9.17) is 9.47 Å². The molecule has 0 saturated carbocycles. The molecule has 2 rings (SSSR count). The van der Waals surface area contributed by atoms with Crippen LogP contribution >= 0.6 is 0 Å². The predicted molar refractivity (Wildman–Crippen MR) is 74.5 cm³/mol. The van der Waals surface area contributed by atoms with Crippen molar-refractivity contribution in [3.8, 4) is 5.75 Å². The van der Waals surface area contributed by atoms with Crippen LogP contribution in [-0.2, 0) is 16.1 Å². The van der Waals surface area contributed by atoms with Gasteiger partial charge < -0.3 is 14.0 Å². The quantitative estimate of drug-likeness (QED) is 0.758. The highest BCUT2D eigenvalue weighted by Crippen LogP contribution is 2.20. The maximum absolute atomic E-state index is 11.6. The Bertz CT molecular complexity index is 552. The van der Waals surface area contributed by atoms with Crippen LogP contribution in [0.1, 0.15) is 19.4 Å². The summed E-state index contributed by atoms with van der Waals surface area (Å²) in [5.74, 6) is 0.326. The Morgan fingerprint density at radius 2 is 2.20 bits per heavy atom. The van der Waals surface area contributed by atoms with Crippen molar-refractivity contribution in [2.45, 2.75) is 26.5 Å². The van der Waals surface area contributed by atoms with Gasteiger partial charge in [0.25, 0.3) is 0 Å². The predicted octanol–water partition coefficient (Wildman–Crippen LogP) is 2.26. The summed E-state index contributed by atoms with van der Waals surface area (Å²) < 4.78 is 12.6. The minimum Gasteiger partial charge on any atom is -0.479 e. The van der Waals surface area contributed by atoms with Crippen LogP contribution in [-0.4, -0.2) is 28.2 Å². The van der Waals surface area contributed by atoms with E-state index in [1.54, 1.807) is 26.4 Å². The number of carbonyl (C=O) groups is 1. The van der Waals surface area contributed by atoms with Crippen molar-refractivity contribution in [2.75, 3.05) is 6.61 Å². The Morgan fingerprint density at radius 3 is 2.90 bits per heavy atom. The number of benzene rings is 1. The highest BCUT2D eigenvalue weighted by Gasteiger charge is 2.17. The topological polar surface area (TPSA) is 53.4 Å². The molecule has 0 aliphatic heterocycles. The van der Waals surface area contributed by atoms with Crippen LogP contribution in [0.4, 0.5) is 0 Å². The molecule has 5 heteroatoms. The van der Waals surface area contributed by atoms with Gasteiger partial charge in [-0.2, -0.15) is 0 Å². The van der Waals surface area contributed by atoms with E-state index in [2.05, 4.69) is 4.98 Å². The van der Waals surface area contributed by atoms with Gasteiger partial charge in [0, 0.05) is 18.0 Å². The molecule has 0 aliphatic carbocycles. The van der Waals surface area contributed by atoms with Crippen LogP contribution < -0.4 is 4.74 Å². The zero-order valence-corrected chi connectivity index (χ0v) is 11.7. The van der Waals surface area contributed by atoms with Gasteiger partial charge in [-0.1, -0.05) is 18.2 Å². The molecule has 5 nitrogen and oxygen atoms in total. The van der Waals surface area contributed by atoms with E-state index in [1.165, 1.54) is 0 Å². The summed E-state index contributed by atoms with van der Waals surface area (Å²) in [5, 5.41) is 0.